The van der Waals surface area contributed by atoms with Gasteiger partial charge in [0, 0.05) is 37.4 Å². The third kappa shape index (κ3) is 6.02. The quantitative estimate of drug-likeness (QED) is 0.275. The Morgan fingerprint density at radius 2 is 1.74 bits per heavy atom. The molecule has 35 heavy (non-hydrogen) atoms. The van der Waals surface area contributed by atoms with Gasteiger partial charge in [-0.25, -0.2) is 4.39 Å². The lowest BCUT2D eigenvalue weighted by Crippen LogP contribution is -2.32. The molecule has 0 fully saturated rings. The number of hydrogen-bond donors (Lipinski definition) is 1. The minimum atomic E-state index is -4.36. The second-order valence-corrected chi connectivity index (χ2v) is 8.78. The SMILES string of the molecule is O=CCCc1ccc(NCc2cccc3c2CCCN3CCc2ccccc2C(F)(F)F)cc1F. The normalized spacial score (nSPS) is 13.4. The lowest BCUT2D eigenvalue weighted by atomic mass is 9.95. The molecule has 0 amide bonds. The maximum atomic E-state index is 14.3. The third-order valence-electron chi connectivity index (χ3n) is 6.49. The first kappa shape index (κ1) is 24.8. The maximum absolute atomic E-state index is 14.3. The predicted molar refractivity (Wildman–Crippen MR) is 130 cm³/mol. The molecule has 0 saturated heterocycles. The largest absolute Gasteiger partial charge is 0.416 e. The van der Waals surface area contributed by atoms with Crippen LogP contribution >= 0.6 is 0 Å². The van der Waals surface area contributed by atoms with E-state index in [1.54, 1.807) is 18.2 Å². The van der Waals surface area contributed by atoms with Crippen LogP contribution < -0.4 is 10.2 Å². The lowest BCUT2D eigenvalue weighted by molar-refractivity contribution is -0.138. The van der Waals surface area contributed by atoms with Crippen LogP contribution in [0.4, 0.5) is 28.9 Å². The van der Waals surface area contributed by atoms with Crippen molar-refractivity contribution >= 4 is 17.7 Å². The second-order valence-electron chi connectivity index (χ2n) is 8.78. The van der Waals surface area contributed by atoms with E-state index in [0.29, 0.717) is 42.7 Å². The number of aryl methyl sites for hydroxylation is 1. The minimum Gasteiger partial charge on any atom is -0.381 e. The molecule has 0 spiro atoms. The Morgan fingerprint density at radius 3 is 2.51 bits per heavy atom. The van der Waals surface area contributed by atoms with E-state index in [4.69, 9.17) is 0 Å². The van der Waals surface area contributed by atoms with Crippen LogP contribution in [0, 0.1) is 5.82 Å². The molecular formula is C28H28F4N2O. The Bertz CT molecular complexity index is 1180. The van der Waals surface area contributed by atoms with E-state index in [1.807, 2.05) is 24.3 Å². The standard InChI is InChI=1S/C28H28F4N2O/c29-26-18-23(13-12-21(26)8-5-17-35)33-19-22-7-3-11-27-24(22)9-4-15-34(27)16-14-20-6-1-2-10-25(20)28(30,31)32/h1-3,6-7,10-13,17-18,33H,4-5,8-9,14-16,19H2. The number of halogens is 4. The van der Waals surface area contributed by atoms with Crippen molar-refractivity contribution in [3.05, 3.63) is 94.3 Å². The number of aldehydes is 1. The van der Waals surface area contributed by atoms with Gasteiger partial charge in [0.15, 0.2) is 0 Å². The fourth-order valence-corrected chi connectivity index (χ4v) is 4.71. The van der Waals surface area contributed by atoms with E-state index < -0.39 is 11.7 Å². The van der Waals surface area contributed by atoms with Gasteiger partial charge in [-0.2, -0.15) is 13.2 Å². The zero-order valence-electron chi connectivity index (χ0n) is 19.4. The molecule has 3 aromatic rings. The number of nitrogens with one attached hydrogen (secondary N) is 1. The van der Waals surface area contributed by atoms with Crippen LogP contribution in [0.25, 0.3) is 0 Å². The molecule has 1 aliphatic heterocycles. The van der Waals surface area contributed by atoms with Gasteiger partial charge < -0.3 is 15.0 Å². The average Bonchev–Trinajstić information content (AvgIpc) is 2.85. The molecule has 0 bridgehead atoms. The van der Waals surface area contributed by atoms with Crippen LogP contribution in [0.1, 0.15) is 40.7 Å². The van der Waals surface area contributed by atoms with Gasteiger partial charge >= 0.3 is 6.18 Å². The number of rotatable bonds is 9. The molecule has 7 heteroatoms. The van der Waals surface area contributed by atoms with Crippen molar-refractivity contribution in [1.82, 2.24) is 0 Å². The highest BCUT2D eigenvalue weighted by molar-refractivity contribution is 5.60. The summed E-state index contributed by atoms with van der Waals surface area (Å²) in [5.74, 6) is -0.336. The van der Waals surface area contributed by atoms with Crippen LogP contribution in [0.2, 0.25) is 0 Å². The van der Waals surface area contributed by atoms with Crippen LogP contribution in [-0.2, 0) is 36.8 Å². The molecule has 1 N–H and O–H groups in total. The van der Waals surface area contributed by atoms with E-state index in [9.17, 15) is 22.4 Å². The average molecular weight is 485 g/mol. The highest BCUT2D eigenvalue weighted by atomic mass is 19.4. The molecule has 4 rings (SSSR count). The summed E-state index contributed by atoms with van der Waals surface area (Å²) in [6.45, 7) is 1.82. The number of alkyl halides is 3. The third-order valence-corrected chi connectivity index (χ3v) is 6.49. The summed E-state index contributed by atoms with van der Waals surface area (Å²) in [6, 6.07) is 16.7. The van der Waals surface area contributed by atoms with E-state index in [2.05, 4.69) is 10.2 Å². The number of benzene rings is 3. The Kier molecular flexibility index (Phi) is 7.73. The fraction of sp³-hybridized carbons (Fsp3) is 0.321. The smallest absolute Gasteiger partial charge is 0.381 e. The topological polar surface area (TPSA) is 32.3 Å². The molecule has 3 nitrogen and oxygen atoms in total. The summed E-state index contributed by atoms with van der Waals surface area (Å²) in [7, 11) is 0. The number of carbonyl (C=O) groups excluding carboxylic acids is 1. The molecule has 1 aliphatic rings. The van der Waals surface area contributed by atoms with Crippen molar-refractivity contribution < 1.29 is 22.4 Å². The highest BCUT2D eigenvalue weighted by Gasteiger charge is 2.33. The summed E-state index contributed by atoms with van der Waals surface area (Å²) >= 11 is 0. The van der Waals surface area contributed by atoms with E-state index in [0.717, 1.165) is 43.0 Å². The summed E-state index contributed by atoms with van der Waals surface area (Å²) in [5.41, 5.74) is 4.24. The van der Waals surface area contributed by atoms with E-state index in [1.165, 1.54) is 17.7 Å². The van der Waals surface area contributed by atoms with Gasteiger partial charge in [-0.1, -0.05) is 36.4 Å². The zero-order valence-corrected chi connectivity index (χ0v) is 19.4. The van der Waals surface area contributed by atoms with Crippen LogP contribution in [0.15, 0.2) is 60.7 Å². The lowest BCUT2D eigenvalue weighted by Gasteiger charge is -2.33. The van der Waals surface area contributed by atoms with Gasteiger partial charge in [0.1, 0.15) is 12.1 Å². The molecule has 0 aliphatic carbocycles. The Labute approximate surface area is 202 Å². The van der Waals surface area contributed by atoms with Gasteiger partial charge in [0.25, 0.3) is 0 Å². The predicted octanol–water partition coefficient (Wildman–Crippen LogP) is 6.58. The van der Waals surface area contributed by atoms with Crippen molar-refractivity contribution in [3.63, 3.8) is 0 Å². The molecule has 3 aromatic carbocycles. The second kappa shape index (κ2) is 10.9. The molecule has 0 atom stereocenters. The monoisotopic (exact) mass is 484 g/mol. The van der Waals surface area contributed by atoms with Gasteiger partial charge in [-0.05, 0) is 72.2 Å². The van der Waals surface area contributed by atoms with Crippen molar-refractivity contribution in [1.29, 1.82) is 0 Å². The highest BCUT2D eigenvalue weighted by Crippen LogP contribution is 2.34. The fourth-order valence-electron chi connectivity index (χ4n) is 4.71. The Morgan fingerprint density at radius 1 is 0.943 bits per heavy atom. The Balaban J connectivity index is 1.45. The van der Waals surface area contributed by atoms with Crippen molar-refractivity contribution in [2.24, 2.45) is 0 Å². The van der Waals surface area contributed by atoms with E-state index in [-0.39, 0.29) is 12.2 Å². The Hall–Kier alpha value is -3.35. The molecule has 0 aromatic heterocycles. The maximum Gasteiger partial charge on any atom is 0.416 e. The van der Waals surface area contributed by atoms with E-state index >= 15 is 0 Å². The first-order valence-electron chi connectivity index (χ1n) is 11.8. The van der Waals surface area contributed by atoms with Crippen molar-refractivity contribution in [3.8, 4) is 0 Å². The first-order chi connectivity index (χ1) is 16.9. The zero-order chi connectivity index (χ0) is 24.8. The summed E-state index contributed by atoms with van der Waals surface area (Å²) in [5, 5.41) is 3.28. The summed E-state index contributed by atoms with van der Waals surface area (Å²) < 4.78 is 54.4. The number of carbonyl (C=O) groups is 1. The molecule has 184 valence electrons. The van der Waals surface area contributed by atoms with Crippen molar-refractivity contribution in [2.45, 2.75) is 44.8 Å². The molecule has 0 unspecified atom stereocenters. The van der Waals surface area contributed by atoms with Gasteiger partial charge in [-0.3, -0.25) is 0 Å². The van der Waals surface area contributed by atoms with Gasteiger partial charge in [-0.15, -0.1) is 0 Å². The van der Waals surface area contributed by atoms with Gasteiger partial charge in [0.05, 0.1) is 5.56 Å². The molecular weight excluding hydrogens is 456 g/mol. The minimum absolute atomic E-state index is 0.290. The number of nitrogens with zero attached hydrogens (tertiary/aromatic N) is 1. The molecule has 1 heterocycles. The summed E-state index contributed by atoms with van der Waals surface area (Å²) in [6.07, 6.45) is -0.784. The molecule has 0 saturated carbocycles. The summed E-state index contributed by atoms with van der Waals surface area (Å²) in [4.78, 5) is 12.7. The number of hydrogen-bond acceptors (Lipinski definition) is 3. The number of fused-ring (bicyclic) bond motifs is 1. The van der Waals surface area contributed by atoms with Crippen molar-refractivity contribution in [2.75, 3.05) is 23.3 Å². The van der Waals surface area contributed by atoms with Gasteiger partial charge in [0.2, 0.25) is 0 Å². The van der Waals surface area contributed by atoms with Crippen LogP contribution in [-0.4, -0.2) is 19.4 Å². The first-order valence-corrected chi connectivity index (χ1v) is 11.8. The number of anilines is 2. The molecule has 0 radical (unpaired) electrons. The van der Waals surface area contributed by atoms with Crippen LogP contribution in [0.5, 0.6) is 0 Å². The van der Waals surface area contributed by atoms with Crippen LogP contribution in [0.3, 0.4) is 0 Å².